The molecule has 6 rings (SSSR count). The highest BCUT2D eigenvalue weighted by Gasteiger charge is 2.72. The molecule has 0 saturated heterocycles. The van der Waals surface area contributed by atoms with E-state index in [2.05, 4.69) is 17.2 Å². The zero-order valence-electron chi connectivity index (χ0n) is 19.6. The lowest BCUT2D eigenvalue weighted by atomic mass is 9.81. The number of fused-ring (bicyclic) bond motifs is 5. The van der Waals surface area contributed by atoms with Gasteiger partial charge in [0.1, 0.15) is 11.4 Å². The van der Waals surface area contributed by atoms with E-state index in [-0.39, 0.29) is 22.5 Å². The van der Waals surface area contributed by atoms with Gasteiger partial charge in [-0.05, 0) is 49.3 Å². The average molecular weight is 475 g/mol. The highest BCUT2D eigenvalue weighted by Crippen LogP contribution is 2.59. The number of aromatic amines is 1. The molecule has 1 aliphatic heterocycles. The Morgan fingerprint density at radius 3 is 2.66 bits per heavy atom. The normalized spacial score (nSPS) is 25.0. The molecule has 0 bridgehead atoms. The van der Waals surface area contributed by atoms with Crippen molar-refractivity contribution in [2.24, 2.45) is 13.0 Å². The van der Waals surface area contributed by atoms with Crippen LogP contribution in [0.2, 0.25) is 0 Å². The average Bonchev–Trinajstić information content (AvgIpc) is 3.57. The number of nitrogens with zero attached hydrogens (tertiary/aromatic N) is 1. The minimum absolute atomic E-state index is 0.00150. The van der Waals surface area contributed by atoms with Gasteiger partial charge in [0.2, 0.25) is 11.3 Å². The number of carbonyl (C=O) groups is 2. The van der Waals surface area contributed by atoms with E-state index in [1.165, 1.54) is 24.5 Å². The molecule has 9 nitrogen and oxygen atoms in total. The van der Waals surface area contributed by atoms with Crippen molar-refractivity contribution < 1.29 is 19.4 Å². The Balaban J connectivity index is 1.54. The highest BCUT2D eigenvalue weighted by atomic mass is 16.6. The summed E-state index contributed by atoms with van der Waals surface area (Å²) in [7, 11) is 1.54. The molecule has 1 amide bonds. The second-order valence-corrected chi connectivity index (χ2v) is 9.88. The fourth-order valence-corrected chi connectivity index (χ4v) is 5.59. The molecule has 1 aromatic heterocycles. The number of ether oxygens (including phenoxy) is 1. The first-order valence-corrected chi connectivity index (χ1v) is 11.7. The van der Waals surface area contributed by atoms with Crippen LogP contribution >= 0.6 is 0 Å². The molecule has 3 aromatic rings. The Bertz CT molecular complexity index is 1500. The van der Waals surface area contributed by atoms with Crippen molar-refractivity contribution in [2.75, 3.05) is 5.73 Å². The van der Waals surface area contributed by atoms with Gasteiger partial charge in [0.05, 0.1) is 5.56 Å². The van der Waals surface area contributed by atoms with Gasteiger partial charge in [-0.1, -0.05) is 31.2 Å². The van der Waals surface area contributed by atoms with E-state index >= 15 is 0 Å². The van der Waals surface area contributed by atoms with Crippen LogP contribution in [0.25, 0.3) is 0 Å². The smallest absolute Gasteiger partial charge is 0.326 e. The first kappa shape index (κ1) is 21.7. The van der Waals surface area contributed by atoms with Crippen molar-refractivity contribution in [2.45, 2.75) is 43.9 Å². The van der Waals surface area contributed by atoms with Gasteiger partial charge in [-0.15, -0.1) is 0 Å². The number of aliphatic hydroxyl groups is 1. The Morgan fingerprint density at radius 2 is 2.00 bits per heavy atom. The van der Waals surface area contributed by atoms with Crippen molar-refractivity contribution in [1.82, 2.24) is 14.9 Å². The van der Waals surface area contributed by atoms with Crippen LogP contribution in [0.1, 0.15) is 68.9 Å². The number of H-pyrrole nitrogens is 1. The third-order valence-corrected chi connectivity index (χ3v) is 7.99. The summed E-state index contributed by atoms with van der Waals surface area (Å²) in [5.74, 6) is -2.26. The lowest BCUT2D eigenvalue weighted by Gasteiger charge is -2.34. The Labute approximate surface area is 200 Å². The number of anilines is 1. The van der Waals surface area contributed by atoms with Crippen LogP contribution in [-0.2, 0) is 18.4 Å². The molecule has 35 heavy (non-hydrogen) atoms. The van der Waals surface area contributed by atoms with Crippen LogP contribution in [0.5, 0.6) is 5.75 Å². The van der Waals surface area contributed by atoms with E-state index in [4.69, 9.17) is 10.5 Å². The van der Waals surface area contributed by atoms with Crippen LogP contribution in [0.15, 0.2) is 41.2 Å². The lowest BCUT2D eigenvalue weighted by Crippen LogP contribution is -2.60. The molecule has 180 valence electrons. The van der Waals surface area contributed by atoms with Crippen LogP contribution in [0.3, 0.4) is 0 Å². The number of benzene rings is 2. The van der Waals surface area contributed by atoms with Gasteiger partial charge >= 0.3 is 5.69 Å². The summed E-state index contributed by atoms with van der Waals surface area (Å²) >= 11 is 0. The molecule has 1 fully saturated rings. The molecule has 5 N–H and O–H groups in total. The van der Waals surface area contributed by atoms with Crippen molar-refractivity contribution >= 4 is 17.4 Å². The Kier molecular flexibility index (Phi) is 4.24. The van der Waals surface area contributed by atoms with E-state index in [0.717, 1.165) is 5.56 Å². The highest BCUT2D eigenvalue weighted by molar-refractivity contribution is 6.16. The first-order valence-electron chi connectivity index (χ1n) is 11.7. The lowest BCUT2D eigenvalue weighted by molar-refractivity contribution is -0.169. The number of nitrogens with two attached hydrogens (primary N) is 1. The number of nitrogen functional groups attached to an aromatic ring is 1. The SMILES string of the molecule is Cc1c(C(=O)NC23C(=O)c4c(N)cccc4C2(O)Oc2cc(C(C)C4CC4)ccc23)[nH]c(=O)n1C. The number of amides is 1. The molecule has 1 saturated carbocycles. The Hall–Kier alpha value is -3.85. The van der Waals surface area contributed by atoms with Gasteiger partial charge < -0.3 is 25.9 Å². The zero-order chi connectivity index (χ0) is 24.9. The van der Waals surface area contributed by atoms with E-state index in [1.54, 1.807) is 31.2 Å². The number of rotatable bonds is 4. The molecule has 0 radical (unpaired) electrons. The predicted octanol–water partition coefficient (Wildman–Crippen LogP) is 2.18. The second kappa shape index (κ2) is 6.85. The molecule has 2 heterocycles. The van der Waals surface area contributed by atoms with Gasteiger partial charge in [-0.2, -0.15) is 0 Å². The quantitative estimate of drug-likeness (QED) is 0.428. The fraction of sp³-hybridized carbons (Fsp3) is 0.346. The molecule has 2 aromatic carbocycles. The second-order valence-electron chi connectivity index (χ2n) is 9.88. The van der Waals surface area contributed by atoms with E-state index < -0.39 is 28.7 Å². The van der Waals surface area contributed by atoms with Crippen molar-refractivity contribution in [3.8, 4) is 5.75 Å². The van der Waals surface area contributed by atoms with Crippen molar-refractivity contribution in [3.63, 3.8) is 0 Å². The van der Waals surface area contributed by atoms with E-state index in [1.807, 2.05) is 12.1 Å². The number of hydrogen-bond acceptors (Lipinski definition) is 6. The maximum absolute atomic E-state index is 14.0. The molecule has 2 aliphatic carbocycles. The standard InChI is InChI=1S/C26H26N4O5/c1-12(14-7-8-14)15-9-10-16-19(11-15)35-26(34)17-5-4-6-18(27)20(17)22(31)25(16,26)29-23(32)21-13(2)30(3)24(33)28-21/h4-6,9-12,14,34H,7-8,27H2,1-3H3,(H,28,33)(H,29,32). The van der Waals surface area contributed by atoms with Crippen molar-refractivity contribution in [1.29, 1.82) is 0 Å². The molecule has 3 aliphatic rings. The van der Waals surface area contributed by atoms with Gasteiger partial charge in [-0.25, -0.2) is 4.79 Å². The number of hydrogen-bond donors (Lipinski definition) is 4. The minimum atomic E-state index is -2.21. The summed E-state index contributed by atoms with van der Waals surface area (Å²) in [6.07, 6.45) is 2.34. The summed E-state index contributed by atoms with van der Waals surface area (Å²) in [5.41, 5.74) is 5.95. The van der Waals surface area contributed by atoms with Gasteiger partial charge in [0.15, 0.2) is 0 Å². The van der Waals surface area contributed by atoms with E-state index in [0.29, 0.717) is 28.8 Å². The summed E-state index contributed by atoms with van der Waals surface area (Å²) in [5, 5.41) is 14.8. The molecular formula is C26H26N4O5. The number of imidazole rings is 1. The molecular weight excluding hydrogens is 448 g/mol. The summed E-state index contributed by atoms with van der Waals surface area (Å²) in [6, 6.07) is 10.3. The third kappa shape index (κ3) is 2.64. The summed E-state index contributed by atoms with van der Waals surface area (Å²) in [4.78, 5) is 42.2. The predicted molar refractivity (Wildman–Crippen MR) is 127 cm³/mol. The van der Waals surface area contributed by atoms with Gasteiger partial charge in [-0.3, -0.25) is 14.2 Å². The van der Waals surface area contributed by atoms with Gasteiger partial charge in [0.25, 0.3) is 11.7 Å². The van der Waals surface area contributed by atoms with Crippen molar-refractivity contribution in [3.05, 3.63) is 80.5 Å². The zero-order valence-corrected chi connectivity index (χ0v) is 19.6. The first-order chi connectivity index (χ1) is 16.6. The summed E-state index contributed by atoms with van der Waals surface area (Å²) < 4.78 is 7.45. The number of ketones is 1. The third-order valence-electron chi connectivity index (χ3n) is 7.99. The number of carbonyl (C=O) groups excluding carboxylic acids is 2. The molecule has 0 spiro atoms. The molecule has 3 unspecified atom stereocenters. The monoisotopic (exact) mass is 474 g/mol. The van der Waals surface area contributed by atoms with Crippen LogP contribution in [-0.4, -0.2) is 26.3 Å². The minimum Gasteiger partial charge on any atom is -0.454 e. The van der Waals surface area contributed by atoms with Crippen LogP contribution in [0.4, 0.5) is 5.69 Å². The maximum atomic E-state index is 14.0. The van der Waals surface area contributed by atoms with Gasteiger partial charge in [0, 0.05) is 29.6 Å². The van der Waals surface area contributed by atoms with Crippen LogP contribution in [0, 0.1) is 12.8 Å². The topological polar surface area (TPSA) is 139 Å². The number of Topliss-reactive ketones (excluding diaryl/α,β-unsaturated/α-hetero) is 1. The maximum Gasteiger partial charge on any atom is 0.326 e. The number of aromatic nitrogens is 2. The largest absolute Gasteiger partial charge is 0.454 e. The Morgan fingerprint density at radius 1 is 1.26 bits per heavy atom. The number of nitrogens with one attached hydrogen (secondary N) is 2. The molecule has 3 atom stereocenters. The molecule has 9 heteroatoms. The fourth-order valence-electron chi connectivity index (χ4n) is 5.59. The van der Waals surface area contributed by atoms with E-state index in [9.17, 15) is 19.5 Å². The summed E-state index contributed by atoms with van der Waals surface area (Å²) in [6.45, 7) is 3.77. The van der Waals surface area contributed by atoms with Crippen LogP contribution < -0.4 is 21.5 Å².